The Morgan fingerprint density at radius 3 is 2.76 bits per heavy atom. The fourth-order valence-electron chi connectivity index (χ4n) is 2.27. The van der Waals surface area contributed by atoms with E-state index in [1.807, 2.05) is 43.3 Å². The van der Waals surface area contributed by atoms with Crippen LogP contribution in [0.25, 0.3) is 0 Å². The summed E-state index contributed by atoms with van der Waals surface area (Å²) in [5, 5.41) is 1.34. The van der Waals surface area contributed by atoms with E-state index < -0.39 is 5.60 Å². The molecule has 1 unspecified atom stereocenters. The van der Waals surface area contributed by atoms with Gasteiger partial charge in [0, 0.05) is 26.0 Å². The molecule has 3 rings (SSSR count). The van der Waals surface area contributed by atoms with E-state index in [-0.39, 0.29) is 0 Å². The zero-order valence-electron chi connectivity index (χ0n) is 11.2. The minimum absolute atomic E-state index is 0.474. The summed E-state index contributed by atoms with van der Waals surface area (Å²) >= 11 is 13.1. The van der Waals surface area contributed by atoms with Crippen molar-refractivity contribution in [2.75, 3.05) is 5.33 Å². The Hall–Kier alpha value is -0.840. The second-order valence-electron chi connectivity index (χ2n) is 5.06. The molecule has 2 nitrogen and oxygen atoms in total. The van der Waals surface area contributed by atoms with Crippen molar-refractivity contribution in [3.05, 3.63) is 63.1 Å². The quantitative estimate of drug-likeness (QED) is 0.551. The van der Waals surface area contributed by atoms with Gasteiger partial charge in [-0.2, -0.15) is 0 Å². The van der Waals surface area contributed by atoms with Gasteiger partial charge >= 0.3 is 0 Å². The second kappa shape index (κ2) is 5.75. The number of hydrogen-bond donors (Lipinski definition) is 0. The topological polar surface area (TPSA) is 21.6 Å². The van der Waals surface area contributed by atoms with E-state index in [2.05, 4.69) is 42.9 Å². The average Bonchev–Trinajstić information content (AvgIpc) is 2.48. The van der Waals surface area contributed by atoms with Gasteiger partial charge in [0.25, 0.3) is 0 Å². The van der Waals surface area contributed by atoms with Gasteiger partial charge < -0.3 is 4.74 Å². The molecule has 0 fully saturated rings. The molecule has 0 aromatic heterocycles. The lowest BCUT2D eigenvalue weighted by Gasteiger charge is -2.34. The molecular weight excluding hydrogens is 417 g/mol. The second-order valence-corrected chi connectivity index (χ2v) is 6.97. The highest BCUT2D eigenvalue weighted by Gasteiger charge is 2.35. The van der Waals surface area contributed by atoms with Crippen LogP contribution in [0.1, 0.15) is 18.1 Å². The van der Waals surface area contributed by atoms with Crippen molar-refractivity contribution in [2.24, 2.45) is 4.99 Å². The van der Waals surface area contributed by atoms with Gasteiger partial charge in [-0.1, -0.05) is 49.5 Å². The Labute approximate surface area is 145 Å². The van der Waals surface area contributed by atoms with E-state index in [0.717, 1.165) is 21.3 Å². The van der Waals surface area contributed by atoms with Gasteiger partial charge in [0.2, 0.25) is 5.90 Å². The number of ether oxygens (including phenoxy) is 1. The highest BCUT2D eigenvalue weighted by molar-refractivity contribution is 9.10. The minimum Gasteiger partial charge on any atom is -0.465 e. The number of rotatable bonds is 2. The zero-order valence-corrected chi connectivity index (χ0v) is 15.2. The summed E-state index contributed by atoms with van der Waals surface area (Å²) in [6, 6.07) is 13.6. The number of benzene rings is 2. The molecule has 0 saturated heterocycles. The normalized spacial score (nSPS) is 20.5. The number of aliphatic imine (C=N–C) groups is 1. The fraction of sp³-hybridized carbons (Fsp3) is 0.188. The molecule has 2 aromatic carbocycles. The van der Waals surface area contributed by atoms with Gasteiger partial charge in [-0.05, 0) is 43.3 Å². The zero-order chi connectivity index (χ0) is 15.0. The Kier molecular flexibility index (Phi) is 4.12. The van der Waals surface area contributed by atoms with Crippen LogP contribution in [0.2, 0.25) is 5.02 Å². The van der Waals surface area contributed by atoms with Crippen molar-refractivity contribution in [1.82, 2.24) is 0 Å². The third-order valence-corrected chi connectivity index (χ3v) is 5.20. The maximum atomic E-state index is 6.17. The monoisotopic (exact) mass is 427 g/mol. The van der Waals surface area contributed by atoms with Gasteiger partial charge in [-0.25, -0.2) is 4.99 Å². The van der Waals surface area contributed by atoms with Crippen LogP contribution in [0.5, 0.6) is 0 Å². The third kappa shape index (κ3) is 2.89. The van der Waals surface area contributed by atoms with Gasteiger partial charge in [0.05, 0.1) is 5.69 Å². The summed E-state index contributed by atoms with van der Waals surface area (Å²) in [7, 11) is 0. The Morgan fingerprint density at radius 2 is 2.05 bits per heavy atom. The molecule has 5 heteroatoms. The molecule has 1 heterocycles. The first-order valence-electron chi connectivity index (χ1n) is 6.41. The molecule has 0 saturated carbocycles. The smallest absolute Gasteiger partial charge is 0.222 e. The van der Waals surface area contributed by atoms with Crippen molar-refractivity contribution in [1.29, 1.82) is 0 Å². The van der Waals surface area contributed by atoms with Crippen LogP contribution >= 0.6 is 43.5 Å². The van der Waals surface area contributed by atoms with Crippen LogP contribution in [-0.4, -0.2) is 11.2 Å². The predicted molar refractivity (Wildman–Crippen MR) is 94.0 cm³/mol. The Morgan fingerprint density at radius 1 is 1.24 bits per heavy atom. The number of hydrogen-bond acceptors (Lipinski definition) is 2. The molecule has 0 spiro atoms. The maximum absolute atomic E-state index is 6.17. The summed E-state index contributed by atoms with van der Waals surface area (Å²) < 4.78 is 7.18. The Bertz CT molecular complexity index is 732. The van der Waals surface area contributed by atoms with Crippen LogP contribution < -0.4 is 0 Å². The SMILES string of the molecule is CC1(CBr)OC(c2cccc(Cl)c2)=Nc2ccc(Br)cc21. The average molecular weight is 430 g/mol. The fourth-order valence-corrected chi connectivity index (χ4v) is 3.24. The molecule has 108 valence electrons. The number of nitrogens with zero attached hydrogens (tertiary/aromatic N) is 1. The molecule has 21 heavy (non-hydrogen) atoms. The summed E-state index contributed by atoms with van der Waals surface area (Å²) in [5.41, 5.74) is 2.38. The molecule has 2 aromatic rings. The van der Waals surface area contributed by atoms with Crippen molar-refractivity contribution >= 4 is 55.0 Å². The molecule has 1 atom stereocenters. The van der Waals surface area contributed by atoms with E-state index in [4.69, 9.17) is 16.3 Å². The predicted octanol–water partition coefficient (Wildman–Crippen LogP) is 5.82. The number of fused-ring (bicyclic) bond motifs is 1. The van der Waals surface area contributed by atoms with Gasteiger partial charge in [0.15, 0.2) is 0 Å². The summed E-state index contributed by atoms with van der Waals surface area (Å²) in [4.78, 5) is 4.64. The molecule has 0 aliphatic carbocycles. The minimum atomic E-state index is -0.474. The first kappa shape index (κ1) is 15.1. The largest absolute Gasteiger partial charge is 0.465 e. The van der Waals surface area contributed by atoms with Crippen molar-refractivity contribution < 1.29 is 4.74 Å². The van der Waals surface area contributed by atoms with Gasteiger partial charge in [-0.3, -0.25) is 0 Å². The highest BCUT2D eigenvalue weighted by Crippen LogP contribution is 2.41. The maximum Gasteiger partial charge on any atom is 0.222 e. The highest BCUT2D eigenvalue weighted by atomic mass is 79.9. The van der Waals surface area contributed by atoms with E-state index in [9.17, 15) is 0 Å². The summed E-state index contributed by atoms with van der Waals surface area (Å²) in [6.45, 7) is 2.05. The first-order chi connectivity index (χ1) is 10.0. The standard InChI is InChI=1S/C16H12Br2ClNO/c1-16(9-17)13-8-11(18)5-6-14(13)20-15(21-16)10-3-2-4-12(19)7-10/h2-8H,9H2,1H3. The van der Waals surface area contributed by atoms with Crippen LogP contribution in [0.4, 0.5) is 5.69 Å². The molecular formula is C16H12Br2ClNO. The lowest BCUT2D eigenvalue weighted by molar-refractivity contribution is 0.0979. The molecule has 0 bridgehead atoms. The van der Waals surface area contributed by atoms with Gasteiger partial charge in [-0.15, -0.1) is 0 Å². The van der Waals surface area contributed by atoms with Crippen molar-refractivity contribution in [3.63, 3.8) is 0 Å². The molecule has 0 amide bonds. The molecule has 0 radical (unpaired) electrons. The number of alkyl halides is 1. The van der Waals surface area contributed by atoms with E-state index in [1.54, 1.807) is 0 Å². The van der Waals surface area contributed by atoms with E-state index >= 15 is 0 Å². The summed E-state index contributed by atoms with van der Waals surface area (Å²) in [6.07, 6.45) is 0. The third-order valence-electron chi connectivity index (χ3n) is 3.40. The van der Waals surface area contributed by atoms with Crippen LogP contribution in [0.15, 0.2) is 51.9 Å². The van der Waals surface area contributed by atoms with Crippen molar-refractivity contribution in [3.8, 4) is 0 Å². The van der Waals surface area contributed by atoms with Crippen LogP contribution in [-0.2, 0) is 10.3 Å². The molecule has 1 aliphatic heterocycles. The Balaban J connectivity index is 2.15. The molecule has 1 aliphatic rings. The lowest BCUT2D eigenvalue weighted by atomic mass is 9.94. The van der Waals surface area contributed by atoms with Gasteiger partial charge in [0.1, 0.15) is 5.60 Å². The van der Waals surface area contributed by atoms with Crippen LogP contribution in [0, 0.1) is 0 Å². The van der Waals surface area contributed by atoms with Crippen LogP contribution in [0.3, 0.4) is 0 Å². The van der Waals surface area contributed by atoms with E-state index in [0.29, 0.717) is 16.3 Å². The van der Waals surface area contributed by atoms with E-state index in [1.165, 1.54) is 0 Å². The summed E-state index contributed by atoms with van der Waals surface area (Å²) in [5.74, 6) is 0.592. The lowest BCUT2D eigenvalue weighted by Crippen LogP contribution is -2.34. The first-order valence-corrected chi connectivity index (χ1v) is 8.71. The molecule has 0 N–H and O–H groups in total. The van der Waals surface area contributed by atoms with Crippen molar-refractivity contribution in [2.45, 2.75) is 12.5 Å². The number of halogens is 3.